The van der Waals surface area contributed by atoms with Gasteiger partial charge in [0.15, 0.2) is 5.82 Å². The molecule has 2 aliphatic rings. The van der Waals surface area contributed by atoms with Crippen molar-refractivity contribution in [3.63, 3.8) is 0 Å². The Kier molecular flexibility index (Phi) is 4.70. The monoisotopic (exact) mass is 425 g/mol. The van der Waals surface area contributed by atoms with E-state index >= 15 is 4.39 Å². The lowest BCUT2D eigenvalue weighted by molar-refractivity contribution is 0.0692. The number of carbonyl (C=O) groups is 1. The molecule has 156 valence electrons. The van der Waals surface area contributed by atoms with Gasteiger partial charge in [-0.05, 0) is 5.41 Å². The van der Waals surface area contributed by atoms with Crippen molar-refractivity contribution in [2.24, 2.45) is 5.41 Å². The van der Waals surface area contributed by atoms with Gasteiger partial charge in [-0.15, -0.1) is 5.10 Å². The number of ether oxygens (including phenoxy) is 2. The molecule has 29 heavy (non-hydrogen) atoms. The van der Waals surface area contributed by atoms with Gasteiger partial charge in [0.05, 0.1) is 25.8 Å². The minimum Gasteiger partial charge on any atom is -0.477 e. The molecular formula is C19H21ClFN3O5. The van der Waals surface area contributed by atoms with E-state index in [4.69, 9.17) is 21.1 Å². The summed E-state index contributed by atoms with van der Waals surface area (Å²) in [6, 6.07) is -0.364. The number of nitrogens with zero attached hydrogens (tertiary/aromatic N) is 3. The van der Waals surface area contributed by atoms with Crippen molar-refractivity contribution in [2.75, 3.05) is 13.2 Å². The number of carboxylic acid groups (broad SMARTS) is 1. The zero-order valence-electron chi connectivity index (χ0n) is 16.2. The molecule has 4 rings (SSSR count). The summed E-state index contributed by atoms with van der Waals surface area (Å²) in [4.78, 5) is 23.8. The van der Waals surface area contributed by atoms with Crippen LogP contribution < -0.4 is 10.2 Å². The molecule has 1 fully saturated rings. The summed E-state index contributed by atoms with van der Waals surface area (Å²) in [6.07, 6.45) is 1.68. The summed E-state index contributed by atoms with van der Waals surface area (Å²) in [5, 5.41) is 13.8. The van der Waals surface area contributed by atoms with Crippen LogP contribution in [0.5, 0.6) is 5.88 Å². The van der Waals surface area contributed by atoms with Crippen molar-refractivity contribution in [1.29, 1.82) is 0 Å². The van der Waals surface area contributed by atoms with Crippen LogP contribution in [-0.2, 0) is 11.3 Å². The third-order valence-electron chi connectivity index (χ3n) is 5.35. The average molecular weight is 426 g/mol. The van der Waals surface area contributed by atoms with E-state index < -0.39 is 22.8 Å². The number of halogens is 2. The number of hydrogen-bond donors (Lipinski definition) is 1. The first-order valence-corrected chi connectivity index (χ1v) is 9.66. The third-order valence-corrected chi connectivity index (χ3v) is 5.69. The van der Waals surface area contributed by atoms with Crippen LogP contribution in [0.2, 0.25) is 5.02 Å². The van der Waals surface area contributed by atoms with Crippen molar-refractivity contribution in [2.45, 2.75) is 45.9 Å². The zero-order chi connectivity index (χ0) is 21.1. The first-order chi connectivity index (χ1) is 13.6. The SMILES string of the molecule is CC(C)(C)[C@@H]1Cn2nc(O[C@@H]3CCOC3)c(Cl)c2-c2c(F)c(=O)c(C(=O)O)cn21. The van der Waals surface area contributed by atoms with Crippen LogP contribution in [0.15, 0.2) is 11.0 Å². The molecule has 10 heteroatoms. The maximum absolute atomic E-state index is 15.2. The van der Waals surface area contributed by atoms with Crippen LogP contribution in [0.25, 0.3) is 11.4 Å². The highest BCUT2D eigenvalue weighted by molar-refractivity contribution is 6.34. The molecule has 0 saturated carbocycles. The van der Waals surface area contributed by atoms with Gasteiger partial charge in [-0.2, -0.15) is 0 Å². The highest BCUT2D eigenvalue weighted by Crippen LogP contribution is 2.45. The molecule has 1 N–H and O–H groups in total. The van der Waals surface area contributed by atoms with Gasteiger partial charge in [-0.25, -0.2) is 9.18 Å². The predicted octanol–water partition coefficient (Wildman–Crippen LogP) is 2.97. The third kappa shape index (κ3) is 3.22. The molecule has 0 radical (unpaired) electrons. The number of aromatic carboxylic acids is 1. The normalized spacial score (nSPS) is 21.0. The second kappa shape index (κ2) is 6.84. The predicted molar refractivity (Wildman–Crippen MR) is 102 cm³/mol. The summed E-state index contributed by atoms with van der Waals surface area (Å²) >= 11 is 6.49. The summed E-state index contributed by atoms with van der Waals surface area (Å²) in [5.41, 5.74) is -2.07. The lowest BCUT2D eigenvalue weighted by Gasteiger charge is -2.38. The van der Waals surface area contributed by atoms with Gasteiger partial charge in [0, 0.05) is 12.6 Å². The topological polar surface area (TPSA) is 95.6 Å². The number of hydrogen-bond acceptors (Lipinski definition) is 5. The van der Waals surface area contributed by atoms with Crippen molar-refractivity contribution in [1.82, 2.24) is 14.3 Å². The molecule has 2 aromatic heterocycles. The highest BCUT2D eigenvalue weighted by Gasteiger charge is 2.39. The largest absolute Gasteiger partial charge is 0.477 e. The molecule has 4 heterocycles. The second-order valence-corrected chi connectivity index (χ2v) is 8.76. The molecule has 8 nitrogen and oxygen atoms in total. The Balaban J connectivity index is 1.93. The highest BCUT2D eigenvalue weighted by atomic mass is 35.5. The molecule has 0 unspecified atom stereocenters. The molecule has 2 aliphatic heterocycles. The van der Waals surface area contributed by atoms with Gasteiger partial charge in [0.1, 0.15) is 28.1 Å². The number of rotatable bonds is 3. The fourth-order valence-electron chi connectivity index (χ4n) is 3.78. The number of pyridine rings is 1. The Morgan fingerprint density at radius 1 is 1.41 bits per heavy atom. The molecule has 0 aliphatic carbocycles. The minimum atomic E-state index is -1.48. The van der Waals surface area contributed by atoms with Crippen LogP contribution >= 0.6 is 11.6 Å². The smallest absolute Gasteiger partial charge is 0.341 e. The van der Waals surface area contributed by atoms with E-state index in [0.717, 1.165) is 0 Å². The van der Waals surface area contributed by atoms with Gasteiger partial charge in [-0.3, -0.25) is 9.48 Å². The van der Waals surface area contributed by atoms with Crippen molar-refractivity contribution in [3.05, 3.63) is 32.8 Å². The van der Waals surface area contributed by atoms with E-state index in [-0.39, 0.29) is 39.9 Å². The lowest BCUT2D eigenvalue weighted by atomic mass is 9.85. The number of aromatic nitrogens is 3. The van der Waals surface area contributed by atoms with E-state index in [1.807, 2.05) is 20.8 Å². The van der Waals surface area contributed by atoms with Crippen LogP contribution in [0.4, 0.5) is 4.39 Å². The van der Waals surface area contributed by atoms with Crippen LogP contribution in [0, 0.1) is 11.2 Å². The van der Waals surface area contributed by atoms with Gasteiger partial charge >= 0.3 is 5.97 Å². The molecule has 0 bridgehead atoms. The summed E-state index contributed by atoms with van der Waals surface area (Å²) < 4.78 is 29.3. The minimum absolute atomic E-state index is 0.0822. The second-order valence-electron chi connectivity index (χ2n) is 8.38. The fraction of sp³-hybridized carbons (Fsp3) is 0.526. The van der Waals surface area contributed by atoms with E-state index in [1.165, 1.54) is 15.4 Å². The van der Waals surface area contributed by atoms with Crippen LogP contribution in [0.3, 0.4) is 0 Å². The molecule has 0 aromatic carbocycles. The Morgan fingerprint density at radius 3 is 2.72 bits per heavy atom. The van der Waals surface area contributed by atoms with E-state index in [2.05, 4.69) is 5.10 Å². The molecule has 0 amide bonds. The van der Waals surface area contributed by atoms with Crippen LogP contribution in [-0.4, -0.2) is 44.7 Å². The average Bonchev–Trinajstić information content (AvgIpc) is 3.25. The van der Waals surface area contributed by atoms with Crippen molar-refractivity contribution >= 4 is 17.6 Å². The molecular weight excluding hydrogens is 405 g/mol. The van der Waals surface area contributed by atoms with Gasteiger partial charge in [0.2, 0.25) is 5.43 Å². The lowest BCUT2D eigenvalue weighted by Crippen LogP contribution is -2.36. The molecule has 0 spiro atoms. The molecule has 2 aromatic rings. The van der Waals surface area contributed by atoms with Crippen LogP contribution in [0.1, 0.15) is 43.6 Å². The first-order valence-electron chi connectivity index (χ1n) is 9.28. The molecule has 2 atom stereocenters. The Hall–Kier alpha value is -2.39. The summed E-state index contributed by atoms with van der Waals surface area (Å²) in [5.74, 6) is -2.50. The van der Waals surface area contributed by atoms with Gasteiger partial charge in [-0.1, -0.05) is 32.4 Å². The zero-order valence-corrected chi connectivity index (χ0v) is 17.0. The molecule has 1 saturated heterocycles. The van der Waals surface area contributed by atoms with Crippen molar-refractivity contribution < 1.29 is 23.8 Å². The summed E-state index contributed by atoms with van der Waals surface area (Å²) in [6.45, 7) is 7.14. The first kappa shape index (κ1) is 19.9. The maximum Gasteiger partial charge on any atom is 0.341 e. The quantitative estimate of drug-likeness (QED) is 0.812. The Bertz CT molecular complexity index is 1050. The summed E-state index contributed by atoms with van der Waals surface area (Å²) in [7, 11) is 0. The fourth-order valence-corrected chi connectivity index (χ4v) is 4.05. The van der Waals surface area contributed by atoms with E-state index in [9.17, 15) is 14.7 Å². The maximum atomic E-state index is 15.2. The standard InChI is InChI=1S/C19H21ClFN3O5/c1-19(2,3)11-7-24-14(12(20)17(22-24)29-9-4-5-28-8-9)15-13(21)16(25)10(18(26)27)6-23(11)15/h6,9,11H,4-5,7-8H2,1-3H3,(H,26,27)/t9-,11+/m1/s1. The Labute approximate surface area is 170 Å². The van der Waals surface area contributed by atoms with E-state index in [1.54, 1.807) is 0 Å². The Morgan fingerprint density at radius 2 is 2.14 bits per heavy atom. The number of carboxylic acids is 1. The number of fused-ring (bicyclic) bond motifs is 3. The van der Waals surface area contributed by atoms with Gasteiger partial charge in [0.25, 0.3) is 5.88 Å². The van der Waals surface area contributed by atoms with E-state index in [0.29, 0.717) is 26.2 Å². The van der Waals surface area contributed by atoms with Gasteiger partial charge < -0.3 is 19.1 Å². The van der Waals surface area contributed by atoms with Crippen molar-refractivity contribution in [3.8, 4) is 17.3 Å².